The standard InChI is InChI=1S/C13H14FN3O/c1-15-7-10-8-16-12(17-13(10)18)6-9-2-4-11(14)5-3-9/h2-5,8,15H,6-7H2,1H3,(H,16,17,18). The van der Waals surface area contributed by atoms with Gasteiger partial charge in [-0.3, -0.25) is 4.79 Å². The van der Waals surface area contributed by atoms with Crippen molar-refractivity contribution in [2.24, 2.45) is 0 Å². The van der Waals surface area contributed by atoms with Crippen LogP contribution in [0.5, 0.6) is 0 Å². The number of aromatic nitrogens is 2. The fraction of sp³-hybridized carbons (Fsp3) is 0.231. The van der Waals surface area contributed by atoms with Gasteiger partial charge < -0.3 is 10.3 Å². The molecule has 2 aromatic rings. The third kappa shape index (κ3) is 3.01. The van der Waals surface area contributed by atoms with Gasteiger partial charge in [-0.05, 0) is 24.7 Å². The maximum atomic E-state index is 12.7. The third-order valence-corrected chi connectivity index (χ3v) is 2.58. The number of nitrogens with one attached hydrogen (secondary N) is 2. The highest BCUT2D eigenvalue weighted by molar-refractivity contribution is 5.20. The number of aromatic amines is 1. The molecule has 5 heteroatoms. The summed E-state index contributed by atoms with van der Waals surface area (Å²) in [6.07, 6.45) is 2.05. The van der Waals surface area contributed by atoms with Gasteiger partial charge in [0.1, 0.15) is 11.6 Å². The molecule has 0 saturated carbocycles. The smallest absolute Gasteiger partial charge is 0.255 e. The summed E-state index contributed by atoms with van der Waals surface area (Å²) < 4.78 is 12.7. The van der Waals surface area contributed by atoms with Gasteiger partial charge in [0.25, 0.3) is 5.56 Å². The van der Waals surface area contributed by atoms with Crippen LogP contribution in [0.1, 0.15) is 17.0 Å². The van der Waals surface area contributed by atoms with Gasteiger partial charge in [0.05, 0.1) is 0 Å². The van der Waals surface area contributed by atoms with E-state index in [-0.39, 0.29) is 11.4 Å². The van der Waals surface area contributed by atoms with Gasteiger partial charge in [0.15, 0.2) is 0 Å². The molecule has 0 fully saturated rings. The Morgan fingerprint density at radius 3 is 2.67 bits per heavy atom. The van der Waals surface area contributed by atoms with Gasteiger partial charge in [-0.2, -0.15) is 0 Å². The van der Waals surface area contributed by atoms with Crippen LogP contribution in [-0.2, 0) is 13.0 Å². The quantitative estimate of drug-likeness (QED) is 0.854. The summed E-state index contributed by atoms with van der Waals surface area (Å²) in [6, 6.07) is 6.14. The lowest BCUT2D eigenvalue weighted by Crippen LogP contribution is -2.20. The molecule has 0 aliphatic rings. The van der Waals surface area contributed by atoms with Crippen molar-refractivity contribution in [3.63, 3.8) is 0 Å². The predicted octanol–water partition coefficient (Wildman–Crippen LogP) is 1.22. The number of H-pyrrole nitrogens is 1. The number of hydrogen-bond acceptors (Lipinski definition) is 3. The van der Waals surface area contributed by atoms with E-state index >= 15 is 0 Å². The summed E-state index contributed by atoms with van der Waals surface area (Å²) in [6.45, 7) is 0.485. The largest absolute Gasteiger partial charge is 0.315 e. The van der Waals surface area contributed by atoms with E-state index in [4.69, 9.17) is 0 Å². The third-order valence-electron chi connectivity index (χ3n) is 2.58. The predicted molar refractivity (Wildman–Crippen MR) is 66.8 cm³/mol. The molecule has 1 heterocycles. The number of halogens is 1. The average molecular weight is 247 g/mol. The molecular weight excluding hydrogens is 233 g/mol. The topological polar surface area (TPSA) is 57.8 Å². The SMILES string of the molecule is CNCc1cnc(Cc2ccc(F)cc2)[nH]c1=O. The molecule has 18 heavy (non-hydrogen) atoms. The summed E-state index contributed by atoms with van der Waals surface area (Å²) in [5, 5.41) is 2.90. The highest BCUT2D eigenvalue weighted by atomic mass is 19.1. The lowest BCUT2D eigenvalue weighted by Gasteiger charge is -2.03. The number of benzene rings is 1. The lowest BCUT2D eigenvalue weighted by molar-refractivity contribution is 0.627. The fourth-order valence-electron chi connectivity index (χ4n) is 1.66. The second kappa shape index (κ2) is 5.55. The van der Waals surface area contributed by atoms with Crippen LogP contribution in [0, 0.1) is 5.82 Å². The van der Waals surface area contributed by atoms with E-state index in [1.807, 2.05) is 0 Å². The summed E-state index contributed by atoms with van der Waals surface area (Å²) in [5.74, 6) is 0.302. The fourth-order valence-corrected chi connectivity index (χ4v) is 1.66. The number of rotatable bonds is 4. The van der Waals surface area contributed by atoms with Gasteiger partial charge in [0.2, 0.25) is 0 Å². The van der Waals surface area contributed by atoms with Crippen molar-refractivity contribution < 1.29 is 4.39 Å². The van der Waals surface area contributed by atoms with Crippen LogP contribution in [0.15, 0.2) is 35.3 Å². The van der Waals surface area contributed by atoms with E-state index in [0.717, 1.165) is 5.56 Å². The molecule has 4 nitrogen and oxygen atoms in total. The monoisotopic (exact) mass is 247 g/mol. The Balaban J connectivity index is 2.17. The highest BCUT2D eigenvalue weighted by Crippen LogP contribution is 2.06. The van der Waals surface area contributed by atoms with Crippen LogP contribution >= 0.6 is 0 Å². The first-order valence-corrected chi connectivity index (χ1v) is 5.65. The van der Waals surface area contributed by atoms with Crippen molar-refractivity contribution in [3.05, 3.63) is 63.6 Å². The molecule has 0 saturated heterocycles. The van der Waals surface area contributed by atoms with E-state index in [1.165, 1.54) is 12.1 Å². The Morgan fingerprint density at radius 2 is 2.06 bits per heavy atom. The zero-order valence-corrected chi connectivity index (χ0v) is 10.0. The molecular formula is C13H14FN3O. The van der Waals surface area contributed by atoms with Crippen molar-refractivity contribution in [3.8, 4) is 0 Å². The maximum Gasteiger partial charge on any atom is 0.255 e. The molecule has 2 N–H and O–H groups in total. The van der Waals surface area contributed by atoms with Crippen molar-refractivity contribution >= 4 is 0 Å². The molecule has 0 bridgehead atoms. The Hall–Kier alpha value is -2.01. The van der Waals surface area contributed by atoms with Crippen LogP contribution in [-0.4, -0.2) is 17.0 Å². The number of hydrogen-bond donors (Lipinski definition) is 2. The molecule has 0 aliphatic carbocycles. The van der Waals surface area contributed by atoms with Crippen LogP contribution in [0.2, 0.25) is 0 Å². The summed E-state index contributed by atoms with van der Waals surface area (Å²) >= 11 is 0. The van der Waals surface area contributed by atoms with Crippen LogP contribution in [0.3, 0.4) is 0 Å². The maximum absolute atomic E-state index is 12.7. The first-order valence-electron chi connectivity index (χ1n) is 5.65. The molecule has 0 radical (unpaired) electrons. The van der Waals surface area contributed by atoms with Crippen LogP contribution < -0.4 is 10.9 Å². The minimum atomic E-state index is -0.274. The summed E-state index contributed by atoms with van der Waals surface area (Å²) in [7, 11) is 1.77. The number of nitrogens with zero attached hydrogens (tertiary/aromatic N) is 1. The van der Waals surface area contributed by atoms with E-state index in [9.17, 15) is 9.18 Å². The van der Waals surface area contributed by atoms with Gasteiger partial charge in [-0.25, -0.2) is 9.37 Å². The van der Waals surface area contributed by atoms with Crippen molar-refractivity contribution in [1.29, 1.82) is 0 Å². The van der Waals surface area contributed by atoms with E-state index in [1.54, 1.807) is 25.4 Å². The van der Waals surface area contributed by atoms with E-state index < -0.39 is 0 Å². The zero-order valence-electron chi connectivity index (χ0n) is 10.0. The summed E-state index contributed by atoms with van der Waals surface area (Å²) in [4.78, 5) is 18.6. The second-order valence-corrected chi connectivity index (χ2v) is 4.02. The molecule has 2 rings (SSSR count). The molecule has 0 amide bonds. The molecule has 0 spiro atoms. The van der Waals surface area contributed by atoms with Gasteiger partial charge in [0, 0.05) is 24.7 Å². The Labute approximate surface area is 104 Å². The zero-order chi connectivity index (χ0) is 13.0. The average Bonchev–Trinajstić information content (AvgIpc) is 2.36. The molecule has 1 aromatic carbocycles. The van der Waals surface area contributed by atoms with Crippen molar-refractivity contribution in [2.45, 2.75) is 13.0 Å². The first kappa shape index (κ1) is 12.4. The second-order valence-electron chi connectivity index (χ2n) is 4.02. The van der Waals surface area contributed by atoms with Gasteiger partial charge >= 0.3 is 0 Å². The molecule has 94 valence electrons. The molecule has 0 atom stereocenters. The molecule has 0 aliphatic heterocycles. The Morgan fingerprint density at radius 1 is 1.33 bits per heavy atom. The Bertz CT molecular complexity index is 578. The van der Waals surface area contributed by atoms with E-state index in [2.05, 4.69) is 15.3 Å². The Kier molecular flexibility index (Phi) is 3.84. The molecule has 1 aromatic heterocycles. The first-order chi connectivity index (χ1) is 8.69. The normalized spacial score (nSPS) is 10.6. The van der Waals surface area contributed by atoms with Crippen LogP contribution in [0.4, 0.5) is 4.39 Å². The highest BCUT2D eigenvalue weighted by Gasteiger charge is 2.03. The lowest BCUT2D eigenvalue weighted by atomic mass is 10.1. The minimum absolute atomic E-state index is 0.142. The van der Waals surface area contributed by atoms with Crippen molar-refractivity contribution in [2.75, 3.05) is 7.05 Å². The van der Waals surface area contributed by atoms with Crippen LogP contribution in [0.25, 0.3) is 0 Å². The minimum Gasteiger partial charge on any atom is -0.315 e. The van der Waals surface area contributed by atoms with Crippen molar-refractivity contribution in [1.82, 2.24) is 15.3 Å². The van der Waals surface area contributed by atoms with Gasteiger partial charge in [-0.1, -0.05) is 12.1 Å². The summed E-state index contributed by atoms with van der Waals surface area (Å²) in [5.41, 5.74) is 1.36. The molecule has 0 unspecified atom stereocenters. The van der Waals surface area contributed by atoms with Gasteiger partial charge in [-0.15, -0.1) is 0 Å². The van der Waals surface area contributed by atoms with E-state index in [0.29, 0.717) is 24.4 Å².